The van der Waals surface area contributed by atoms with E-state index in [9.17, 15) is 13.2 Å². The molecule has 6 rings (SSSR count). The van der Waals surface area contributed by atoms with Crippen molar-refractivity contribution in [2.24, 2.45) is 5.92 Å². The number of nitrogen functional groups attached to an aromatic ring is 1. The van der Waals surface area contributed by atoms with Crippen molar-refractivity contribution in [3.63, 3.8) is 0 Å². The average molecular weight is 623 g/mol. The Hall–Kier alpha value is -3.58. The molecule has 0 saturated carbocycles. The fourth-order valence-electron chi connectivity index (χ4n) is 5.27. The molecule has 0 spiro atoms. The maximum Gasteiger partial charge on any atom is 0.275 e. The molecule has 1 aliphatic rings. The minimum atomic E-state index is -4.21. The van der Waals surface area contributed by atoms with Crippen LogP contribution in [0, 0.1) is 19.8 Å². The molecular formula is C30H30N4O5S3. The molecule has 218 valence electrons. The van der Waals surface area contributed by atoms with Gasteiger partial charge in [-0.3, -0.25) is 4.79 Å². The van der Waals surface area contributed by atoms with E-state index in [0.717, 1.165) is 76.1 Å². The number of anilines is 1. The topological polar surface area (TPSA) is 134 Å². The number of nitrogens with zero attached hydrogens (tertiary/aromatic N) is 2. The zero-order valence-corrected chi connectivity index (χ0v) is 25.6. The van der Waals surface area contributed by atoms with Gasteiger partial charge in [-0.1, -0.05) is 35.6 Å². The van der Waals surface area contributed by atoms with Crippen LogP contribution in [0.4, 0.5) is 5.13 Å². The molecule has 0 unspecified atom stereocenters. The number of benzene rings is 2. The van der Waals surface area contributed by atoms with Gasteiger partial charge in [0.2, 0.25) is 0 Å². The second-order valence-electron chi connectivity index (χ2n) is 10.4. The number of carbonyl (C=O) groups is 1. The number of thiazole rings is 1. The van der Waals surface area contributed by atoms with E-state index in [1.165, 1.54) is 0 Å². The summed E-state index contributed by atoms with van der Waals surface area (Å²) in [7, 11) is -4.21. The number of nitrogens with one attached hydrogen (secondary N) is 1. The lowest BCUT2D eigenvalue weighted by Gasteiger charge is -2.22. The Morgan fingerprint density at radius 2 is 1.93 bits per heavy atom. The number of hydrogen-bond donors (Lipinski definition) is 2. The Morgan fingerprint density at radius 1 is 1.14 bits per heavy atom. The predicted molar refractivity (Wildman–Crippen MR) is 167 cm³/mol. The van der Waals surface area contributed by atoms with E-state index >= 15 is 0 Å². The van der Waals surface area contributed by atoms with Crippen molar-refractivity contribution in [1.29, 1.82) is 0 Å². The standard InChI is InChI=1S/C30H30N4O5S3/c1-17-7-8-23(39-14-11-19-9-12-38-13-10-19)26-21(29(35)34-42(36,37)25-16-32-30(31)41-25)15-22(33-27(17)26)28-18(2)20-5-3-4-6-24(20)40-28/h3-8,15-16,19H,9-14H2,1-2H3,(H2,31,32)(H,34,35). The summed E-state index contributed by atoms with van der Waals surface area (Å²) in [5.41, 5.74) is 8.88. The number of fused-ring (bicyclic) bond motifs is 2. The van der Waals surface area contributed by atoms with Crippen molar-refractivity contribution in [2.75, 3.05) is 25.6 Å². The van der Waals surface area contributed by atoms with Crippen LogP contribution >= 0.6 is 22.7 Å². The van der Waals surface area contributed by atoms with E-state index in [-0.39, 0.29) is 14.9 Å². The number of carbonyl (C=O) groups excluding carboxylic acids is 1. The van der Waals surface area contributed by atoms with Crippen LogP contribution in [0.3, 0.4) is 0 Å². The average Bonchev–Trinajstić information content (AvgIpc) is 3.58. The molecule has 1 saturated heterocycles. The fraction of sp³-hybridized carbons (Fsp3) is 0.300. The Kier molecular flexibility index (Phi) is 7.88. The van der Waals surface area contributed by atoms with E-state index < -0.39 is 15.9 Å². The van der Waals surface area contributed by atoms with E-state index in [0.29, 0.717) is 34.9 Å². The molecule has 5 aromatic rings. The number of aryl methyl sites for hydroxylation is 2. The maximum absolute atomic E-state index is 13.8. The predicted octanol–water partition coefficient (Wildman–Crippen LogP) is 6.09. The van der Waals surface area contributed by atoms with Gasteiger partial charge in [0.1, 0.15) is 5.75 Å². The van der Waals surface area contributed by atoms with Crippen molar-refractivity contribution >= 4 is 64.7 Å². The monoisotopic (exact) mass is 622 g/mol. The molecule has 0 aliphatic carbocycles. The minimum absolute atomic E-state index is 0.0931. The van der Waals surface area contributed by atoms with E-state index in [2.05, 4.69) is 15.8 Å². The van der Waals surface area contributed by atoms with E-state index in [4.69, 9.17) is 20.2 Å². The number of sulfonamides is 1. The highest BCUT2D eigenvalue weighted by molar-refractivity contribution is 7.92. The first-order valence-electron chi connectivity index (χ1n) is 13.6. The minimum Gasteiger partial charge on any atom is -0.493 e. The molecule has 9 nitrogen and oxygen atoms in total. The second kappa shape index (κ2) is 11.6. The van der Waals surface area contributed by atoms with Gasteiger partial charge in [0.05, 0.1) is 39.8 Å². The molecule has 4 heterocycles. The van der Waals surface area contributed by atoms with Crippen molar-refractivity contribution in [3.8, 4) is 16.3 Å². The largest absolute Gasteiger partial charge is 0.493 e. The van der Waals surface area contributed by atoms with Gasteiger partial charge in [0.15, 0.2) is 9.34 Å². The van der Waals surface area contributed by atoms with E-state index in [1.807, 2.05) is 44.2 Å². The summed E-state index contributed by atoms with van der Waals surface area (Å²) in [4.78, 5) is 23.6. The smallest absolute Gasteiger partial charge is 0.275 e. The number of aromatic nitrogens is 2. The van der Waals surface area contributed by atoms with Crippen LogP contribution in [0.1, 0.15) is 40.7 Å². The van der Waals surface area contributed by atoms with Crippen LogP contribution in [0.15, 0.2) is 52.9 Å². The van der Waals surface area contributed by atoms with Gasteiger partial charge >= 0.3 is 0 Å². The Morgan fingerprint density at radius 3 is 2.67 bits per heavy atom. The lowest BCUT2D eigenvalue weighted by atomic mass is 9.97. The SMILES string of the molecule is Cc1c(-c2cc(C(=O)NS(=O)(=O)c3cnc(N)s3)c3c(OCCC4CCOCC4)ccc(C)c3n2)sc2ccccc12. The molecule has 3 N–H and O–H groups in total. The Balaban J connectivity index is 1.45. The number of nitrogens with two attached hydrogens (primary N) is 1. The van der Waals surface area contributed by atoms with Crippen molar-refractivity contribution in [1.82, 2.24) is 14.7 Å². The number of pyridine rings is 1. The van der Waals surface area contributed by atoms with Crippen LogP contribution in [-0.4, -0.2) is 44.1 Å². The Bertz CT molecular complexity index is 1910. The molecular weight excluding hydrogens is 593 g/mol. The summed E-state index contributed by atoms with van der Waals surface area (Å²) in [5, 5.41) is 1.68. The molecule has 1 fully saturated rings. The van der Waals surface area contributed by atoms with Crippen LogP contribution in [0.2, 0.25) is 0 Å². The molecule has 2 aromatic carbocycles. The summed E-state index contributed by atoms with van der Waals surface area (Å²) < 4.78 is 41.2. The van der Waals surface area contributed by atoms with E-state index in [1.54, 1.807) is 17.4 Å². The number of ether oxygens (including phenoxy) is 2. The van der Waals surface area contributed by atoms with Gasteiger partial charge in [0, 0.05) is 17.9 Å². The molecule has 1 aliphatic heterocycles. The summed E-state index contributed by atoms with van der Waals surface area (Å²) in [5.74, 6) is 0.212. The number of hydrogen-bond acceptors (Lipinski definition) is 10. The highest BCUT2D eigenvalue weighted by Gasteiger charge is 2.26. The van der Waals surface area contributed by atoms with Crippen LogP contribution in [-0.2, 0) is 14.8 Å². The van der Waals surface area contributed by atoms with Gasteiger partial charge in [0.25, 0.3) is 15.9 Å². The van der Waals surface area contributed by atoms with Gasteiger partial charge < -0.3 is 15.2 Å². The first kappa shape index (κ1) is 28.5. The molecule has 3 aromatic heterocycles. The van der Waals surface area contributed by atoms with Crippen LogP contribution in [0.25, 0.3) is 31.6 Å². The third kappa shape index (κ3) is 5.59. The highest BCUT2D eigenvalue weighted by Crippen LogP contribution is 2.40. The zero-order valence-electron chi connectivity index (χ0n) is 23.2. The lowest BCUT2D eigenvalue weighted by molar-refractivity contribution is 0.0594. The molecule has 0 atom stereocenters. The van der Waals surface area contributed by atoms with Crippen LogP contribution < -0.4 is 15.2 Å². The molecule has 0 radical (unpaired) electrons. The summed E-state index contributed by atoms with van der Waals surface area (Å²) >= 11 is 2.37. The van der Waals surface area contributed by atoms with Gasteiger partial charge in [-0.25, -0.2) is 23.1 Å². The normalized spacial score (nSPS) is 14.4. The van der Waals surface area contributed by atoms with Crippen molar-refractivity contribution < 1.29 is 22.7 Å². The third-order valence-electron chi connectivity index (χ3n) is 7.56. The number of rotatable bonds is 8. The second-order valence-corrected chi connectivity index (χ2v) is 14.4. The van der Waals surface area contributed by atoms with Crippen molar-refractivity contribution in [3.05, 3.63) is 65.4 Å². The molecule has 42 heavy (non-hydrogen) atoms. The van der Waals surface area contributed by atoms with Crippen molar-refractivity contribution in [2.45, 2.75) is 37.3 Å². The Labute approximate surface area is 251 Å². The molecule has 12 heteroatoms. The summed E-state index contributed by atoms with van der Waals surface area (Å²) in [6.45, 7) is 5.92. The zero-order chi connectivity index (χ0) is 29.4. The first-order valence-corrected chi connectivity index (χ1v) is 16.7. The summed E-state index contributed by atoms with van der Waals surface area (Å²) in [6, 6.07) is 13.5. The molecule has 0 bridgehead atoms. The van der Waals surface area contributed by atoms with Gasteiger partial charge in [-0.15, -0.1) is 11.3 Å². The van der Waals surface area contributed by atoms with Crippen LogP contribution in [0.5, 0.6) is 5.75 Å². The van der Waals surface area contributed by atoms with Gasteiger partial charge in [-0.05, 0) is 73.7 Å². The summed E-state index contributed by atoms with van der Waals surface area (Å²) in [6.07, 6.45) is 3.98. The first-order chi connectivity index (χ1) is 20.2. The number of thiophene rings is 1. The number of amides is 1. The maximum atomic E-state index is 13.8. The highest BCUT2D eigenvalue weighted by atomic mass is 32.2. The quantitative estimate of drug-likeness (QED) is 0.213. The lowest BCUT2D eigenvalue weighted by Crippen LogP contribution is -2.30. The third-order valence-corrected chi connectivity index (χ3v) is 11.5. The fourth-order valence-corrected chi connectivity index (χ4v) is 8.32. The molecule has 1 amide bonds. The van der Waals surface area contributed by atoms with Gasteiger partial charge in [-0.2, -0.15) is 0 Å².